The van der Waals surface area contributed by atoms with E-state index in [0.29, 0.717) is 6.54 Å². The van der Waals surface area contributed by atoms with Crippen LogP contribution >= 0.6 is 8.25 Å². The van der Waals surface area contributed by atoms with E-state index in [0.717, 1.165) is 19.4 Å². The fraction of sp³-hybridized carbons (Fsp3) is 1.00. The van der Waals surface area contributed by atoms with Crippen LogP contribution in [0, 0.1) is 0 Å². The van der Waals surface area contributed by atoms with Gasteiger partial charge in [0.1, 0.15) is 6.10 Å². The van der Waals surface area contributed by atoms with Crippen LogP contribution in [0.5, 0.6) is 0 Å². The van der Waals surface area contributed by atoms with Gasteiger partial charge in [0, 0.05) is 11.1 Å². The summed E-state index contributed by atoms with van der Waals surface area (Å²) in [6, 6.07) is 0. The lowest BCUT2D eigenvalue weighted by Crippen LogP contribution is -2.34. The minimum Gasteiger partial charge on any atom is -0.314 e. The molecule has 2 atom stereocenters. The molecule has 1 fully saturated rings. The first-order chi connectivity index (χ1) is 4.79. The molecule has 2 N–H and O–H groups in total. The van der Waals surface area contributed by atoms with E-state index in [1.807, 2.05) is 0 Å². The van der Waals surface area contributed by atoms with Gasteiger partial charge in [0.15, 0.2) is 0 Å². The smallest absolute Gasteiger partial charge is 0.314 e. The van der Waals surface area contributed by atoms with Gasteiger partial charge >= 0.3 is 8.25 Å². The Morgan fingerprint density at radius 3 is 3.00 bits per heavy atom. The molecule has 0 amide bonds. The highest BCUT2D eigenvalue weighted by Gasteiger charge is 2.24. The van der Waals surface area contributed by atoms with Crippen molar-refractivity contribution >= 4 is 8.25 Å². The molecule has 1 aliphatic heterocycles. The molecular weight excluding hydrogens is 153 g/mol. The van der Waals surface area contributed by atoms with Crippen LogP contribution in [0.1, 0.15) is 12.8 Å². The van der Waals surface area contributed by atoms with Crippen LogP contribution in [0.15, 0.2) is 0 Å². The topological polar surface area (TPSA) is 58.6 Å². The molecule has 0 spiro atoms. The van der Waals surface area contributed by atoms with Crippen LogP contribution < -0.4 is 5.32 Å². The Morgan fingerprint density at radius 1 is 1.70 bits per heavy atom. The van der Waals surface area contributed by atoms with Crippen molar-refractivity contribution in [3.63, 3.8) is 0 Å². The van der Waals surface area contributed by atoms with Crippen molar-refractivity contribution in [1.82, 2.24) is 5.32 Å². The average Bonchev–Trinajstić information content (AvgIpc) is 1.88. The number of rotatable bonds is 2. The molecule has 1 saturated heterocycles. The van der Waals surface area contributed by atoms with E-state index in [-0.39, 0.29) is 6.10 Å². The molecule has 1 aliphatic rings. The summed E-state index contributed by atoms with van der Waals surface area (Å²) >= 11 is 0. The normalized spacial score (nSPS) is 28.1. The van der Waals surface area contributed by atoms with Gasteiger partial charge in [-0.3, -0.25) is 0 Å². The van der Waals surface area contributed by atoms with E-state index in [1.165, 1.54) is 0 Å². The van der Waals surface area contributed by atoms with Gasteiger partial charge in [-0.05, 0) is 19.4 Å². The molecule has 2 unspecified atom stereocenters. The maximum atomic E-state index is 10.2. The van der Waals surface area contributed by atoms with Crippen LogP contribution in [0.2, 0.25) is 0 Å². The molecule has 0 aliphatic carbocycles. The molecule has 10 heavy (non-hydrogen) atoms. The van der Waals surface area contributed by atoms with Gasteiger partial charge in [-0.1, -0.05) is 0 Å². The summed E-state index contributed by atoms with van der Waals surface area (Å²) in [4.78, 5) is 8.36. The number of hydrogen-bond acceptors (Lipinski definition) is 3. The Balaban J connectivity index is 2.19. The Morgan fingerprint density at radius 2 is 2.50 bits per heavy atom. The second kappa shape index (κ2) is 3.98. The van der Waals surface area contributed by atoms with E-state index in [1.54, 1.807) is 0 Å². The van der Waals surface area contributed by atoms with E-state index >= 15 is 0 Å². The maximum absolute atomic E-state index is 10.2. The van der Waals surface area contributed by atoms with Gasteiger partial charge in [0.25, 0.3) is 0 Å². The summed E-state index contributed by atoms with van der Waals surface area (Å²) in [5.74, 6) is 0. The minimum absolute atomic E-state index is 0.0673. The largest absolute Gasteiger partial charge is 0.695 e. The van der Waals surface area contributed by atoms with E-state index in [4.69, 9.17) is 9.42 Å². The third kappa shape index (κ3) is 2.71. The van der Waals surface area contributed by atoms with Gasteiger partial charge in [-0.25, -0.2) is 0 Å². The Labute approximate surface area is 60.5 Å². The molecule has 0 aromatic rings. The highest BCUT2D eigenvalue weighted by molar-refractivity contribution is 7.32. The van der Waals surface area contributed by atoms with E-state index in [9.17, 15) is 4.57 Å². The number of piperidine rings is 1. The summed E-state index contributed by atoms with van der Waals surface area (Å²) in [6.07, 6.45) is 1.84. The highest BCUT2D eigenvalue weighted by atomic mass is 31.1. The van der Waals surface area contributed by atoms with Crippen molar-refractivity contribution in [1.29, 1.82) is 0 Å². The molecule has 0 saturated carbocycles. The number of nitrogens with one attached hydrogen (secondary N) is 1. The molecule has 0 aromatic heterocycles. The summed E-state index contributed by atoms with van der Waals surface area (Å²) in [5, 5.41) is 3.08. The third-order valence-corrected chi connectivity index (χ3v) is 1.97. The predicted octanol–water partition coefficient (Wildman–Crippen LogP) is 0.405. The van der Waals surface area contributed by atoms with Gasteiger partial charge < -0.3 is 5.32 Å². The second-order valence-electron chi connectivity index (χ2n) is 2.31. The van der Waals surface area contributed by atoms with Gasteiger partial charge in [-0.15, -0.1) is 9.42 Å². The van der Waals surface area contributed by atoms with Crippen LogP contribution in [0.25, 0.3) is 0 Å². The Bertz CT molecular complexity index is 124. The van der Waals surface area contributed by atoms with Crippen molar-refractivity contribution < 1.29 is 14.0 Å². The minimum atomic E-state index is -2.41. The van der Waals surface area contributed by atoms with Gasteiger partial charge in [0.05, 0.1) is 0 Å². The molecular formula is C5H11NO3P+. The molecule has 58 valence electrons. The lowest BCUT2D eigenvalue weighted by Gasteiger charge is -2.16. The lowest BCUT2D eigenvalue weighted by molar-refractivity contribution is 0.158. The quantitative estimate of drug-likeness (QED) is 0.580. The molecule has 4 nitrogen and oxygen atoms in total. The first-order valence-electron chi connectivity index (χ1n) is 3.32. The molecule has 5 heteroatoms. The van der Waals surface area contributed by atoms with Gasteiger partial charge in [-0.2, -0.15) is 0 Å². The molecule has 1 rings (SSSR count). The molecule has 0 bridgehead atoms. The van der Waals surface area contributed by atoms with Crippen LogP contribution in [0.4, 0.5) is 0 Å². The first-order valence-corrected chi connectivity index (χ1v) is 4.45. The standard InChI is InChI=1S/C5H10NO3P/c7-10(8)9-5-2-1-3-6-4-5/h5-6H,1-4H2/p+1. The molecule has 0 radical (unpaired) electrons. The summed E-state index contributed by atoms with van der Waals surface area (Å²) in [5.41, 5.74) is 0. The zero-order valence-electron chi connectivity index (χ0n) is 5.62. The average molecular weight is 164 g/mol. The zero-order valence-corrected chi connectivity index (χ0v) is 6.51. The van der Waals surface area contributed by atoms with Gasteiger partial charge in [0.2, 0.25) is 0 Å². The monoisotopic (exact) mass is 164 g/mol. The Hall–Kier alpha value is -0.0200. The SMILES string of the molecule is O=[P+](O)OC1CCCNC1. The summed E-state index contributed by atoms with van der Waals surface area (Å²) in [7, 11) is -2.41. The van der Waals surface area contributed by atoms with Crippen LogP contribution in [0.3, 0.4) is 0 Å². The van der Waals surface area contributed by atoms with Crippen molar-refractivity contribution in [2.24, 2.45) is 0 Å². The summed E-state index contributed by atoms with van der Waals surface area (Å²) in [6.45, 7) is 1.68. The van der Waals surface area contributed by atoms with Crippen LogP contribution in [-0.4, -0.2) is 24.1 Å². The second-order valence-corrected chi connectivity index (χ2v) is 3.00. The maximum Gasteiger partial charge on any atom is 0.695 e. The van der Waals surface area contributed by atoms with Crippen molar-refractivity contribution in [2.75, 3.05) is 13.1 Å². The summed E-state index contributed by atoms with van der Waals surface area (Å²) < 4.78 is 14.9. The van der Waals surface area contributed by atoms with Crippen LogP contribution in [-0.2, 0) is 9.09 Å². The van der Waals surface area contributed by atoms with Crippen molar-refractivity contribution in [3.8, 4) is 0 Å². The van der Waals surface area contributed by atoms with Crippen molar-refractivity contribution in [2.45, 2.75) is 18.9 Å². The molecule has 1 heterocycles. The number of hydrogen-bond donors (Lipinski definition) is 2. The molecule has 0 aromatic carbocycles. The zero-order chi connectivity index (χ0) is 7.40. The van der Waals surface area contributed by atoms with Crippen molar-refractivity contribution in [3.05, 3.63) is 0 Å². The van der Waals surface area contributed by atoms with E-state index < -0.39 is 8.25 Å². The first kappa shape index (κ1) is 8.08. The third-order valence-electron chi connectivity index (χ3n) is 1.49. The Kier molecular flexibility index (Phi) is 3.22. The predicted molar refractivity (Wildman–Crippen MR) is 36.8 cm³/mol. The highest BCUT2D eigenvalue weighted by Crippen LogP contribution is 2.21. The lowest BCUT2D eigenvalue weighted by atomic mass is 10.1. The fourth-order valence-corrected chi connectivity index (χ4v) is 1.47. The van der Waals surface area contributed by atoms with E-state index in [2.05, 4.69) is 5.32 Å². The fourth-order valence-electron chi connectivity index (χ4n) is 1.04.